The van der Waals surface area contributed by atoms with E-state index in [0.717, 1.165) is 22.6 Å². The molecule has 0 amide bonds. The second kappa shape index (κ2) is 9.05. The molecule has 150 valence electrons. The van der Waals surface area contributed by atoms with Gasteiger partial charge in [-0.05, 0) is 48.4 Å². The second-order valence-corrected chi connectivity index (χ2v) is 6.64. The molecule has 7 nitrogen and oxygen atoms in total. The molecule has 0 aliphatic rings. The molecule has 0 saturated heterocycles. The number of nitrogens with zero attached hydrogens (tertiary/aromatic N) is 3. The molecule has 3 aromatic rings. The fourth-order valence-corrected chi connectivity index (χ4v) is 3.02. The number of anilines is 1. The Morgan fingerprint density at radius 3 is 1.79 bits per heavy atom. The van der Waals surface area contributed by atoms with Crippen molar-refractivity contribution in [2.75, 3.05) is 19.1 Å². The second-order valence-electron chi connectivity index (χ2n) is 6.64. The van der Waals surface area contributed by atoms with Crippen LogP contribution < -0.4 is 14.4 Å². The Kier molecular flexibility index (Phi) is 6.29. The van der Waals surface area contributed by atoms with E-state index in [4.69, 9.17) is 9.47 Å². The average Bonchev–Trinajstić information content (AvgIpc) is 2.74. The van der Waals surface area contributed by atoms with Gasteiger partial charge in [0.25, 0.3) is 5.69 Å². The number of aromatic nitrogens is 1. The van der Waals surface area contributed by atoms with Crippen molar-refractivity contribution < 1.29 is 14.4 Å². The summed E-state index contributed by atoms with van der Waals surface area (Å²) in [5.41, 5.74) is 2.76. The van der Waals surface area contributed by atoms with E-state index in [9.17, 15) is 10.1 Å². The van der Waals surface area contributed by atoms with Gasteiger partial charge in [-0.3, -0.25) is 10.1 Å². The van der Waals surface area contributed by atoms with Gasteiger partial charge in [0.1, 0.15) is 23.5 Å². The van der Waals surface area contributed by atoms with Crippen LogP contribution in [0.5, 0.6) is 11.5 Å². The van der Waals surface area contributed by atoms with Crippen molar-refractivity contribution in [3.8, 4) is 11.5 Å². The van der Waals surface area contributed by atoms with Gasteiger partial charge in [-0.2, -0.15) is 0 Å². The van der Waals surface area contributed by atoms with Crippen molar-refractivity contribution in [2.45, 2.75) is 20.0 Å². The number of hydrogen-bond acceptors (Lipinski definition) is 6. The average molecular weight is 393 g/mol. The Bertz CT molecular complexity index is 923. The number of nitro groups is 1. The molecule has 1 aromatic heterocycles. The maximum Gasteiger partial charge on any atom is 0.290 e. The van der Waals surface area contributed by atoms with Gasteiger partial charge in [0.05, 0.1) is 19.1 Å². The molecule has 7 heteroatoms. The van der Waals surface area contributed by atoms with E-state index < -0.39 is 4.92 Å². The Morgan fingerprint density at radius 2 is 1.41 bits per heavy atom. The van der Waals surface area contributed by atoms with Gasteiger partial charge >= 0.3 is 0 Å². The third-order valence-corrected chi connectivity index (χ3v) is 4.65. The standard InChI is InChI=1S/C22H23N3O4/c1-16-12-22(23-13-21(16)25(26)27)24(14-17-4-8-19(28-2)9-5-17)15-18-6-10-20(29-3)11-7-18/h4-13H,14-15H2,1-3H3. The number of methoxy groups -OCH3 is 2. The quantitative estimate of drug-likeness (QED) is 0.414. The van der Waals surface area contributed by atoms with Crippen LogP contribution in [0.3, 0.4) is 0 Å². The zero-order chi connectivity index (χ0) is 20.8. The molecule has 0 aliphatic carbocycles. The topological polar surface area (TPSA) is 77.7 Å². The van der Waals surface area contributed by atoms with Gasteiger partial charge in [-0.25, -0.2) is 4.98 Å². The Hall–Kier alpha value is -3.61. The summed E-state index contributed by atoms with van der Waals surface area (Å²) in [6.45, 7) is 2.92. The summed E-state index contributed by atoms with van der Waals surface area (Å²) in [5, 5.41) is 11.1. The van der Waals surface area contributed by atoms with Crippen LogP contribution in [0.25, 0.3) is 0 Å². The molecule has 0 N–H and O–H groups in total. The van der Waals surface area contributed by atoms with Crippen molar-refractivity contribution in [3.05, 3.63) is 87.6 Å². The summed E-state index contributed by atoms with van der Waals surface area (Å²) in [6.07, 6.45) is 1.32. The molecule has 0 fully saturated rings. The zero-order valence-electron chi connectivity index (χ0n) is 16.7. The lowest BCUT2D eigenvalue weighted by Crippen LogP contribution is -2.23. The van der Waals surface area contributed by atoms with Crippen LogP contribution in [0.4, 0.5) is 11.5 Å². The molecule has 0 radical (unpaired) electrons. The van der Waals surface area contributed by atoms with E-state index in [-0.39, 0.29) is 5.69 Å². The van der Waals surface area contributed by atoms with E-state index in [2.05, 4.69) is 9.88 Å². The fraction of sp³-hybridized carbons (Fsp3) is 0.227. The summed E-state index contributed by atoms with van der Waals surface area (Å²) in [4.78, 5) is 17.2. The molecular weight excluding hydrogens is 370 g/mol. The fourth-order valence-electron chi connectivity index (χ4n) is 3.02. The van der Waals surface area contributed by atoms with Crippen LogP contribution in [-0.4, -0.2) is 24.1 Å². The van der Waals surface area contributed by atoms with Crippen molar-refractivity contribution in [1.29, 1.82) is 0 Å². The number of rotatable bonds is 8. The van der Waals surface area contributed by atoms with Crippen LogP contribution in [-0.2, 0) is 13.1 Å². The molecule has 0 unspecified atom stereocenters. The van der Waals surface area contributed by atoms with E-state index >= 15 is 0 Å². The largest absolute Gasteiger partial charge is 0.497 e. The van der Waals surface area contributed by atoms with E-state index in [0.29, 0.717) is 24.5 Å². The smallest absolute Gasteiger partial charge is 0.290 e. The summed E-state index contributed by atoms with van der Waals surface area (Å²) in [7, 11) is 3.27. The lowest BCUT2D eigenvalue weighted by atomic mass is 10.1. The van der Waals surface area contributed by atoms with E-state index in [1.807, 2.05) is 48.5 Å². The molecule has 0 saturated carbocycles. The van der Waals surface area contributed by atoms with E-state index in [1.54, 1.807) is 27.2 Å². The summed E-state index contributed by atoms with van der Waals surface area (Å²) in [6, 6.07) is 17.4. The summed E-state index contributed by atoms with van der Waals surface area (Å²) in [5.74, 6) is 2.26. The van der Waals surface area contributed by atoms with Gasteiger partial charge in [-0.1, -0.05) is 24.3 Å². The van der Waals surface area contributed by atoms with Crippen LogP contribution in [0, 0.1) is 17.0 Å². The van der Waals surface area contributed by atoms with Gasteiger partial charge < -0.3 is 14.4 Å². The first-order valence-corrected chi connectivity index (χ1v) is 9.12. The highest BCUT2D eigenvalue weighted by molar-refractivity contribution is 5.49. The number of aryl methyl sites for hydroxylation is 1. The van der Waals surface area contributed by atoms with Gasteiger partial charge in [0.2, 0.25) is 0 Å². The van der Waals surface area contributed by atoms with Crippen LogP contribution in [0.2, 0.25) is 0 Å². The minimum atomic E-state index is -0.413. The molecule has 29 heavy (non-hydrogen) atoms. The molecule has 3 rings (SSSR count). The predicted molar refractivity (Wildman–Crippen MR) is 112 cm³/mol. The Labute approximate surface area is 169 Å². The predicted octanol–water partition coefficient (Wildman–Crippen LogP) is 4.52. The molecule has 0 bridgehead atoms. The summed E-state index contributed by atoms with van der Waals surface area (Å²) < 4.78 is 10.5. The number of benzene rings is 2. The van der Waals surface area contributed by atoms with E-state index in [1.165, 1.54) is 6.20 Å². The Balaban J connectivity index is 1.90. The maximum absolute atomic E-state index is 11.1. The first-order valence-electron chi connectivity index (χ1n) is 9.12. The van der Waals surface area contributed by atoms with Crippen molar-refractivity contribution in [1.82, 2.24) is 4.98 Å². The highest BCUT2D eigenvalue weighted by Gasteiger charge is 2.16. The van der Waals surface area contributed by atoms with Crippen molar-refractivity contribution >= 4 is 11.5 Å². The third kappa shape index (κ3) is 5.01. The Morgan fingerprint density at radius 1 is 0.931 bits per heavy atom. The SMILES string of the molecule is COc1ccc(CN(Cc2ccc(OC)cc2)c2cc(C)c([N+](=O)[O-])cn2)cc1. The molecule has 2 aromatic carbocycles. The molecule has 1 heterocycles. The molecule has 0 atom stereocenters. The lowest BCUT2D eigenvalue weighted by molar-refractivity contribution is -0.385. The monoisotopic (exact) mass is 393 g/mol. The molecule has 0 aliphatic heterocycles. The van der Waals surface area contributed by atoms with Gasteiger partial charge in [-0.15, -0.1) is 0 Å². The van der Waals surface area contributed by atoms with Crippen LogP contribution in [0.1, 0.15) is 16.7 Å². The van der Waals surface area contributed by atoms with Gasteiger partial charge in [0, 0.05) is 18.7 Å². The highest BCUT2D eigenvalue weighted by Crippen LogP contribution is 2.25. The van der Waals surface area contributed by atoms with Crippen LogP contribution in [0.15, 0.2) is 60.8 Å². The molecular formula is C22H23N3O4. The first kappa shape index (κ1) is 20.1. The number of ether oxygens (including phenoxy) is 2. The third-order valence-electron chi connectivity index (χ3n) is 4.65. The zero-order valence-corrected chi connectivity index (χ0v) is 16.7. The minimum Gasteiger partial charge on any atom is -0.497 e. The minimum absolute atomic E-state index is 0.0163. The molecule has 0 spiro atoms. The van der Waals surface area contributed by atoms with Crippen molar-refractivity contribution in [2.24, 2.45) is 0 Å². The first-order chi connectivity index (χ1) is 14.0. The number of pyridine rings is 1. The van der Waals surface area contributed by atoms with Gasteiger partial charge in [0.15, 0.2) is 0 Å². The lowest BCUT2D eigenvalue weighted by Gasteiger charge is -2.24. The number of hydrogen-bond donors (Lipinski definition) is 0. The van der Waals surface area contributed by atoms with Crippen LogP contribution >= 0.6 is 0 Å². The highest BCUT2D eigenvalue weighted by atomic mass is 16.6. The van der Waals surface area contributed by atoms with Crippen molar-refractivity contribution in [3.63, 3.8) is 0 Å². The summed E-state index contributed by atoms with van der Waals surface area (Å²) >= 11 is 0. The maximum atomic E-state index is 11.1. The normalized spacial score (nSPS) is 10.4.